The van der Waals surface area contributed by atoms with Gasteiger partial charge in [-0.05, 0) is 18.9 Å². The van der Waals surface area contributed by atoms with E-state index in [0.717, 1.165) is 25.7 Å². The van der Waals surface area contributed by atoms with Gasteiger partial charge in [0.1, 0.15) is 11.5 Å². The first kappa shape index (κ1) is 23.0. The van der Waals surface area contributed by atoms with Crippen LogP contribution < -0.4 is 10.6 Å². The molecule has 0 fully saturated rings. The number of hydrogen-bond acceptors (Lipinski definition) is 7. The fourth-order valence-electron chi connectivity index (χ4n) is 2.71. The standard InChI is InChI=1S/C20H27N3O4S2/c1-4-6-7-12(5-2)19(27)23-14-9-16(25)17(10-15(14)24)29-20-22-13(11-28-20)8-18(26)21-3/h9-12,24-25H,4-8H2,1-3H3,(H,21,26)(H,23,27). The molecule has 0 aliphatic carbocycles. The average Bonchev–Trinajstić information content (AvgIpc) is 3.13. The normalized spacial score (nSPS) is 11.8. The van der Waals surface area contributed by atoms with E-state index in [2.05, 4.69) is 22.5 Å². The Morgan fingerprint density at radius 1 is 1.24 bits per heavy atom. The summed E-state index contributed by atoms with van der Waals surface area (Å²) < 4.78 is 0.640. The number of aromatic hydroxyl groups is 2. The van der Waals surface area contributed by atoms with E-state index in [4.69, 9.17) is 0 Å². The lowest BCUT2D eigenvalue weighted by Crippen LogP contribution is -2.22. The largest absolute Gasteiger partial charge is 0.507 e. The van der Waals surface area contributed by atoms with Crippen molar-refractivity contribution in [2.75, 3.05) is 12.4 Å². The molecule has 158 valence electrons. The van der Waals surface area contributed by atoms with Crippen molar-refractivity contribution in [1.29, 1.82) is 0 Å². The Bertz CT molecular complexity index is 854. The second-order valence-electron chi connectivity index (χ2n) is 6.63. The molecule has 0 saturated heterocycles. The first-order valence-corrected chi connectivity index (χ1v) is 11.3. The highest BCUT2D eigenvalue weighted by Gasteiger charge is 2.19. The molecular weight excluding hydrogens is 410 g/mol. The van der Waals surface area contributed by atoms with Crippen molar-refractivity contribution in [2.24, 2.45) is 5.92 Å². The van der Waals surface area contributed by atoms with Crippen molar-refractivity contribution in [3.05, 3.63) is 23.2 Å². The summed E-state index contributed by atoms with van der Waals surface area (Å²) in [6.07, 6.45) is 3.68. The summed E-state index contributed by atoms with van der Waals surface area (Å²) in [5, 5.41) is 27.7. The second kappa shape index (κ2) is 11.1. The zero-order valence-corrected chi connectivity index (χ0v) is 18.5. The van der Waals surface area contributed by atoms with Gasteiger partial charge in [0.05, 0.1) is 22.7 Å². The van der Waals surface area contributed by atoms with Crippen LogP contribution in [0.5, 0.6) is 11.5 Å². The molecule has 1 aromatic heterocycles. The van der Waals surface area contributed by atoms with Crippen LogP contribution >= 0.6 is 23.1 Å². The van der Waals surface area contributed by atoms with Gasteiger partial charge >= 0.3 is 0 Å². The lowest BCUT2D eigenvalue weighted by Gasteiger charge is -2.16. The number of anilines is 1. The predicted octanol–water partition coefficient (Wildman–Crippen LogP) is 4.15. The second-order valence-corrected chi connectivity index (χ2v) is 8.78. The molecule has 0 saturated carbocycles. The van der Waals surface area contributed by atoms with Crippen LogP contribution in [-0.4, -0.2) is 34.1 Å². The molecule has 2 aromatic rings. The van der Waals surface area contributed by atoms with Crippen LogP contribution in [-0.2, 0) is 16.0 Å². The summed E-state index contributed by atoms with van der Waals surface area (Å²) in [6.45, 7) is 4.04. The third kappa shape index (κ3) is 6.64. The van der Waals surface area contributed by atoms with Gasteiger partial charge < -0.3 is 20.8 Å². The minimum atomic E-state index is -0.158. The molecule has 1 unspecified atom stereocenters. The number of thiazole rings is 1. The predicted molar refractivity (Wildman–Crippen MR) is 116 cm³/mol. The molecule has 1 aromatic carbocycles. The van der Waals surface area contributed by atoms with Crippen molar-refractivity contribution in [3.63, 3.8) is 0 Å². The van der Waals surface area contributed by atoms with E-state index < -0.39 is 0 Å². The summed E-state index contributed by atoms with van der Waals surface area (Å²) in [5.41, 5.74) is 0.827. The Balaban J connectivity index is 2.09. The highest BCUT2D eigenvalue weighted by atomic mass is 32.2. The van der Waals surface area contributed by atoms with Crippen LogP contribution in [0, 0.1) is 5.92 Å². The molecule has 4 N–H and O–H groups in total. The van der Waals surface area contributed by atoms with E-state index in [0.29, 0.717) is 14.9 Å². The monoisotopic (exact) mass is 437 g/mol. The SMILES string of the molecule is CCCCC(CC)C(=O)Nc1cc(O)c(Sc2nc(CC(=O)NC)cs2)cc1O. The van der Waals surface area contributed by atoms with Gasteiger partial charge in [0.15, 0.2) is 4.34 Å². The summed E-state index contributed by atoms with van der Waals surface area (Å²) >= 11 is 2.54. The van der Waals surface area contributed by atoms with Crippen LogP contribution in [0.1, 0.15) is 45.2 Å². The summed E-state index contributed by atoms with van der Waals surface area (Å²) in [6, 6.07) is 2.75. The maximum Gasteiger partial charge on any atom is 0.227 e. The van der Waals surface area contributed by atoms with Gasteiger partial charge in [-0.3, -0.25) is 9.59 Å². The molecule has 1 heterocycles. The number of likely N-dealkylation sites (N-methyl/N-ethyl adjacent to an activating group) is 1. The Morgan fingerprint density at radius 2 is 2.00 bits per heavy atom. The van der Waals surface area contributed by atoms with Crippen molar-refractivity contribution < 1.29 is 19.8 Å². The van der Waals surface area contributed by atoms with Crippen LogP contribution in [0.25, 0.3) is 0 Å². The van der Waals surface area contributed by atoms with Crippen LogP contribution in [0.15, 0.2) is 26.7 Å². The van der Waals surface area contributed by atoms with E-state index in [9.17, 15) is 19.8 Å². The highest BCUT2D eigenvalue weighted by molar-refractivity contribution is 8.01. The molecule has 0 spiro atoms. The number of aromatic nitrogens is 1. The highest BCUT2D eigenvalue weighted by Crippen LogP contribution is 2.41. The van der Waals surface area contributed by atoms with E-state index in [1.165, 1.54) is 35.2 Å². The number of hydrogen-bond donors (Lipinski definition) is 4. The third-order valence-corrected chi connectivity index (χ3v) is 6.49. The van der Waals surface area contributed by atoms with Gasteiger partial charge in [0.2, 0.25) is 11.8 Å². The molecular formula is C20H27N3O4S2. The van der Waals surface area contributed by atoms with E-state index in [1.54, 1.807) is 12.4 Å². The van der Waals surface area contributed by atoms with Gasteiger partial charge in [-0.1, -0.05) is 38.5 Å². The lowest BCUT2D eigenvalue weighted by atomic mass is 9.98. The molecule has 0 aliphatic rings. The number of benzene rings is 1. The molecule has 0 radical (unpaired) electrons. The van der Waals surface area contributed by atoms with E-state index in [-0.39, 0.29) is 41.3 Å². The molecule has 2 rings (SSSR count). The first-order valence-electron chi connectivity index (χ1n) is 9.57. The Kier molecular flexibility index (Phi) is 8.78. The number of unbranched alkanes of at least 4 members (excludes halogenated alkanes) is 1. The molecule has 7 nitrogen and oxygen atoms in total. The number of nitrogens with one attached hydrogen (secondary N) is 2. The van der Waals surface area contributed by atoms with Gasteiger partial charge in [0.25, 0.3) is 0 Å². The maximum absolute atomic E-state index is 12.5. The summed E-state index contributed by atoms with van der Waals surface area (Å²) in [5.74, 6) is -0.593. The minimum absolute atomic E-state index is 0.0623. The van der Waals surface area contributed by atoms with Gasteiger partial charge in [0, 0.05) is 24.4 Å². The fourth-order valence-corrected chi connectivity index (χ4v) is 4.54. The smallest absolute Gasteiger partial charge is 0.227 e. The molecule has 2 amide bonds. The number of rotatable bonds is 10. The van der Waals surface area contributed by atoms with Crippen molar-refractivity contribution in [1.82, 2.24) is 10.3 Å². The van der Waals surface area contributed by atoms with Crippen molar-refractivity contribution >= 4 is 40.6 Å². The molecule has 9 heteroatoms. The van der Waals surface area contributed by atoms with Gasteiger partial charge in [-0.2, -0.15) is 0 Å². The third-order valence-electron chi connectivity index (χ3n) is 4.45. The minimum Gasteiger partial charge on any atom is -0.507 e. The number of nitrogens with zero attached hydrogens (tertiary/aromatic N) is 1. The topological polar surface area (TPSA) is 112 Å². The zero-order valence-electron chi connectivity index (χ0n) is 16.8. The lowest BCUT2D eigenvalue weighted by molar-refractivity contribution is -0.120. The zero-order chi connectivity index (χ0) is 21.4. The number of phenols is 2. The molecule has 1 atom stereocenters. The number of amides is 2. The molecule has 29 heavy (non-hydrogen) atoms. The number of carbonyl (C=O) groups is 2. The maximum atomic E-state index is 12.5. The number of phenolic OH excluding ortho intramolecular Hbond substituents is 2. The van der Waals surface area contributed by atoms with Gasteiger partial charge in [-0.15, -0.1) is 11.3 Å². The Hall–Kier alpha value is -2.26. The Morgan fingerprint density at radius 3 is 2.66 bits per heavy atom. The Labute approximate surface area is 178 Å². The summed E-state index contributed by atoms with van der Waals surface area (Å²) in [4.78, 5) is 28.7. The van der Waals surface area contributed by atoms with E-state index in [1.807, 2.05) is 6.92 Å². The van der Waals surface area contributed by atoms with Crippen LogP contribution in [0.2, 0.25) is 0 Å². The van der Waals surface area contributed by atoms with Crippen molar-refractivity contribution in [3.8, 4) is 11.5 Å². The molecule has 0 bridgehead atoms. The van der Waals surface area contributed by atoms with Crippen molar-refractivity contribution in [2.45, 2.75) is 55.2 Å². The first-order chi connectivity index (χ1) is 13.9. The average molecular weight is 438 g/mol. The summed E-state index contributed by atoms with van der Waals surface area (Å²) in [7, 11) is 1.57. The van der Waals surface area contributed by atoms with Crippen LogP contribution in [0.4, 0.5) is 5.69 Å². The van der Waals surface area contributed by atoms with Crippen LogP contribution in [0.3, 0.4) is 0 Å². The quantitative estimate of drug-likeness (QED) is 0.328. The molecule has 0 aliphatic heterocycles. The van der Waals surface area contributed by atoms with Gasteiger partial charge in [-0.25, -0.2) is 4.98 Å². The fraction of sp³-hybridized carbons (Fsp3) is 0.450. The van der Waals surface area contributed by atoms with E-state index >= 15 is 0 Å². The number of carbonyl (C=O) groups excluding carboxylic acids is 2.